The van der Waals surface area contributed by atoms with Gasteiger partial charge in [-0.1, -0.05) is 6.92 Å². The zero-order valence-corrected chi connectivity index (χ0v) is 14.8. The molecule has 0 N–H and O–H groups in total. The Balaban J connectivity index is 2.05. The summed E-state index contributed by atoms with van der Waals surface area (Å²) < 4.78 is 26.2. The predicted molar refractivity (Wildman–Crippen MR) is 85.2 cm³/mol. The van der Waals surface area contributed by atoms with Gasteiger partial charge in [-0.2, -0.15) is 0 Å². The second-order valence-electron chi connectivity index (χ2n) is 6.28. The molecule has 1 amide bonds. The minimum atomic E-state index is -3.60. The Morgan fingerprint density at radius 3 is 2.52 bits per heavy atom. The van der Waals surface area contributed by atoms with Gasteiger partial charge < -0.3 is 4.90 Å². The van der Waals surface area contributed by atoms with Crippen LogP contribution in [0.5, 0.6) is 0 Å². The summed E-state index contributed by atoms with van der Waals surface area (Å²) >= 11 is 0. The average Bonchev–Trinajstić information content (AvgIpc) is 2.84. The van der Waals surface area contributed by atoms with Crippen LogP contribution in [0.4, 0.5) is 0 Å². The molecule has 1 aromatic heterocycles. The summed E-state index contributed by atoms with van der Waals surface area (Å²) in [6.07, 6.45) is 3.72. The number of carbonyl (C=O) groups excluding carboxylic acids is 1. The highest BCUT2D eigenvalue weighted by atomic mass is 32.2. The zero-order valence-electron chi connectivity index (χ0n) is 14.0. The lowest BCUT2D eigenvalue weighted by Gasteiger charge is -2.39. The average molecular weight is 343 g/mol. The van der Waals surface area contributed by atoms with E-state index >= 15 is 0 Å². The van der Waals surface area contributed by atoms with Crippen molar-refractivity contribution in [2.45, 2.75) is 70.8 Å². The molecule has 2 rings (SSSR count). The molecule has 9 heteroatoms. The molecular weight excluding hydrogens is 318 g/mol. The number of nitrogens with zero attached hydrogens (tertiary/aromatic N) is 5. The molecule has 1 saturated heterocycles. The zero-order chi connectivity index (χ0) is 17.0. The van der Waals surface area contributed by atoms with Crippen LogP contribution >= 0.6 is 0 Å². The molecule has 1 aliphatic rings. The summed E-state index contributed by atoms with van der Waals surface area (Å²) in [6.45, 7) is 6.47. The van der Waals surface area contributed by atoms with Crippen molar-refractivity contribution in [1.29, 1.82) is 0 Å². The Hall–Kier alpha value is -1.51. The molecule has 2 atom stereocenters. The van der Waals surface area contributed by atoms with Crippen molar-refractivity contribution in [3.05, 3.63) is 5.82 Å². The summed E-state index contributed by atoms with van der Waals surface area (Å²) in [6, 6.07) is 0.179. The van der Waals surface area contributed by atoms with Crippen molar-refractivity contribution in [2.75, 3.05) is 5.75 Å². The summed E-state index contributed by atoms with van der Waals surface area (Å²) in [4.78, 5) is 14.2. The van der Waals surface area contributed by atoms with Gasteiger partial charge in [-0.25, -0.2) is 13.1 Å². The summed E-state index contributed by atoms with van der Waals surface area (Å²) in [7, 11) is -3.60. The molecule has 2 unspecified atom stereocenters. The third-order valence-electron chi connectivity index (χ3n) is 4.22. The van der Waals surface area contributed by atoms with Gasteiger partial charge in [0.05, 0.1) is 0 Å². The van der Waals surface area contributed by atoms with Crippen LogP contribution < -0.4 is 0 Å². The van der Waals surface area contributed by atoms with Gasteiger partial charge in [-0.15, -0.1) is 5.10 Å². The molecule has 1 aliphatic heterocycles. The summed E-state index contributed by atoms with van der Waals surface area (Å²) in [5.41, 5.74) is 0. The van der Waals surface area contributed by atoms with E-state index in [4.69, 9.17) is 0 Å². The Morgan fingerprint density at radius 2 is 1.91 bits per heavy atom. The smallest absolute Gasteiger partial charge is 0.238 e. The number of amides is 1. The van der Waals surface area contributed by atoms with Crippen LogP contribution in [0.25, 0.3) is 0 Å². The normalized spacial score (nSPS) is 22.3. The van der Waals surface area contributed by atoms with Crippen LogP contribution in [-0.4, -0.2) is 57.3 Å². The van der Waals surface area contributed by atoms with Crippen molar-refractivity contribution in [3.8, 4) is 0 Å². The highest BCUT2D eigenvalue weighted by Crippen LogP contribution is 2.23. The van der Waals surface area contributed by atoms with Gasteiger partial charge in [0, 0.05) is 18.6 Å². The van der Waals surface area contributed by atoms with Crippen molar-refractivity contribution < 1.29 is 13.2 Å². The Kier molecular flexibility index (Phi) is 5.72. The summed E-state index contributed by atoms with van der Waals surface area (Å²) in [5, 5.41) is 11.1. The van der Waals surface area contributed by atoms with E-state index in [1.807, 2.05) is 20.8 Å². The Morgan fingerprint density at radius 1 is 1.26 bits per heavy atom. The molecule has 2 heterocycles. The molecule has 0 aromatic carbocycles. The molecule has 0 radical (unpaired) electrons. The third-order valence-corrected chi connectivity index (χ3v) is 5.60. The predicted octanol–water partition coefficient (Wildman–Crippen LogP) is 0.787. The van der Waals surface area contributed by atoms with E-state index in [1.54, 1.807) is 4.90 Å². The van der Waals surface area contributed by atoms with E-state index < -0.39 is 15.6 Å². The van der Waals surface area contributed by atoms with E-state index in [1.165, 1.54) is 4.68 Å². The van der Waals surface area contributed by atoms with Gasteiger partial charge in [0.15, 0.2) is 15.7 Å². The minimum absolute atomic E-state index is 0.0897. The molecular formula is C14H25N5O3S. The largest absolute Gasteiger partial charge is 0.336 e. The highest BCUT2D eigenvalue weighted by molar-refractivity contribution is 7.91. The van der Waals surface area contributed by atoms with Gasteiger partial charge in [-0.3, -0.25) is 4.79 Å². The fourth-order valence-electron chi connectivity index (χ4n) is 3.14. The van der Waals surface area contributed by atoms with E-state index in [2.05, 4.69) is 15.5 Å². The van der Waals surface area contributed by atoms with Crippen LogP contribution in [0.1, 0.15) is 52.3 Å². The molecule has 8 nitrogen and oxygen atoms in total. The molecule has 0 aliphatic carbocycles. The van der Waals surface area contributed by atoms with Crippen molar-refractivity contribution in [1.82, 2.24) is 25.1 Å². The van der Waals surface area contributed by atoms with E-state index in [-0.39, 0.29) is 23.7 Å². The van der Waals surface area contributed by atoms with Crippen molar-refractivity contribution in [3.63, 3.8) is 0 Å². The first-order chi connectivity index (χ1) is 10.8. The molecule has 1 fully saturated rings. The number of aromatic nitrogens is 4. The standard InChI is InChI=1S/C14H25N5O3S/c1-4-8-18-13(15-16-17-18)9-23(21,22)10-14(20)19-11(2)6-5-7-12(19)3/h11-12H,4-10H2,1-3H3. The second kappa shape index (κ2) is 7.37. The second-order valence-corrected chi connectivity index (χ2v) is 8.34. The molecule has 130 valence electrons. The van der Waals surface area contributed by atoms with Gasteiger partial charge >= 0.3 is 0 Å². The van der Waals surface area contributed by atoms with Crippen molar-refractivity contribution in [2.24, 2.45) is 0 Å². The molecule has 0 bridgehead atoms. The number of carbonyl (C=O) groups is 1. The lowest BCUT2D eigenvalue weighted by atomic mass is 9.98. The van der Waals surface area contributed by atoms with Crippen LogP contribution in [-0.2, 0) is 26.9 Å². The Bertz CT molecular complexity index is 633. The Labute approximate surface area is 137 Å². The number of hydrogen-bond acceptors (Lipinski definition) is 6. The number of rotatable bonds is 6. The van der Waals surface area contributed by atoms with Gasteiger partial charge in [0.1, 0.15) is 11.5 Å². The number of piperidine rings is 1. The van der Waals surface area contributed by atoms with Crippen molar-refractivity contribution >= 4 is 15.7 Å². The monoisotopic (exact) mass is 343 g/mol. The molecule has 0 saturated carbocycles. The fourth-order valence-corrected chi connectivity index (χ4v) is 4.36. The molecule has 23 heavy (non-hydrogen) atoms. The number of tetrazole rings is 1. The number of aryl methyl sites for hydroxylation is 1. The van der Waals surface area contributed by atoms with Gasteiger partial charge in [0.25, 0.3) is 0 Å². The number of sulfone groups is 1. The quantitative estimate of drug-likeness (QED) is 0.757. The number of likely N-dealkylation sites (tertiary alicyclic amines) is 1. The SMILES string of the molecule is CCCn1nnnc1CS(=O)(=O)CC(=O)N1C(C)CCCC1C. The first kappa shape index (κ1) is 17.8. The van der Waals surface area contributed by atoms with E-state index in [9.17, 15) is 13.2 Å². The lowest BCUT2D eigenvalue weighted by Crippen LogP contribution is -2.49. The number of hydrogen-bond donors (Lipinski definition) is 0. The van der Waals surface area contributed by atoms with Crippen LogP contribution in [0, 0.1) is 0 Å². The lowest BCUT2D eigenvalue weighted by molar-refractivity contribution is -0.134. The minimum Gasteiger partial charge on any atom is -0.336 e. The van der Waals surface area contributed by atoms with E-state index in [0.29, 0.717) is 12.4 Å². The first-order valence-corrected chi connectivity index (χ1v) is 9.93. The van der Waals surface area contributed by atoms with Crippen LogP contribution in [0.3, 0.4) is 0 Å². The highest BCUT2D eigenvalue weighted by Gasteiger charge is 2.32. The maximum absolute atomic E-state index is 12.5. The summed E-state index contributed by atoms with van der Waals surface area (Å²) in [5.74, 6) is -0.818. The maximum atomic E-state index is 12.5. The fraction of sp³-hybridized carbons (Fsp3) is 0.857. The van der Waals surface area contributed by atoms with Gasteiger partial charge in [0.2, 0.25) is 5.91 Å². The topological polar surface area (TPSA) is 98.0 Å². The van der Waals surface area contributed by atoms with Crippen LogP contribution in [0.15, 0.2) is 0 Å². The maximum Gasteiger partial charge on any atom is 0.238 e. The van der Waals surface area contributed by atoms with Gasteiger partial charge in [-0.05, 0) is 50.0 Å². The molecule has 0 spiro atoms. The molecule has 1 aromatic rings. The van der Waals surface area contributed by atoms with Crippen LogP contribution in [0.2, 0.25) is 0 Å². The first-order valence-electron chi connectivity index (χ1n) is 8.10. The van der Waals surface area contributed by atoms with E-state index in [0.717, 1.165) is 25.7 Å². The third kappa shape index (κ3) is 4.49.